The van der Waals surface area contributed by atoms with E-state index in [0.717, 1.165) is 12.3 Å². The topological polar surface area (TPSA) is 22.0 Å². The third-order valence-electron chi connectivity index (χ3n) is 3.24. The minimum absolute atomic E-state index is 0.187. The van der Waals surface area contributed by atoms with Gasteiger partial charge in [0, 0.05) is 37.3 Å². The van der Waals surface area contributed by atoms with Crippen LogP contribution in [0.1, 0.15) is 29.6 Å². The molecule has 2 rings (SSSR count). The molecule has 0 aromatic carbocycles. The molecular weight excluding hydrogens is 269 g/mol. The summed E-state index contributed by atoms with van der Waals surface area (Å²) in [5.74, 6) is -4.86. The Labute approximate surface area is 106 Å². The van der Waals surface area contributed by atoms with Gasteiger partial charge in [0.2, 0.25) is 5.92 Å². The van der Waals surface area contributed by atoms with Crippen molar-refractivity contribution in [3.05, 3.63) is 24.0 Å². The fourth-order valence-electron chi connectivity index (χ4n) is 2.35. The number of carbonyl (C=O) groups excluding carboxylic acids is 1. The third kappa shape index (κ3) is 3.33. The summed E-state index contributed by atoms with van der Waals surface area (Å²) in [7, 11) is 0. The van der Waals surface area contributed by atoms with Crippen LogP contribution < -0.4 is 0 Å². The van der Waals surface area contributed by atoms with Gasteiger partial charge in [-0.15, -0.1) is 0 Å². The lowest BCUT2D eigenvalue weighted by molar-refractivity contribution is -0.0885. The van der Waals surface area contributed by atoms with Crippen molar-refractivity contribution >= 4 is 5.78 Å². The van der Waals surface area contributed by atoms with Crippen LogP contribution in [-0.2, 0) is 6.54 Å². The Bertz CT molecular complexity index is 477. The normalized spacial score (nSPS) is 22.7. The minimum Gasteiger partial charge on any atom is -0.353 e. The van der Waals surface area contributed by atoms with Gasteiger partial charge in [-0.1, -0.05) is 0 Å². The maximum absolute atomic E-state index is 13.0. The zero-order valence-corrected chi connectivity index (χ0v) is 9.88. The first-order valence-electron chi connectivity index (χ1n) is 5.82. The van der Waals surface area contributed by atoms with E-state index in [4.69, 9.17) is 0 Å². The highest BCUT2D eigenvalue weighted by Gasteiger charge is 2.41. The highest BCUT2D eigenvalue weighted by Crippen LogP contribution is 2.39. The van der Waals surface area contributed by atoms with Gasteiger partial charge in [-0.2, -0.15) is 13.2 Å². The quantitative estimate of drug-likeness (QED) is 0.612. The minimum atomic E-state index is -4.91. The first-order chi connectivity index (χ1) is 8.67. The predicted octanol–water partition coefficient (Wildman–Crippen LogP) is 3.67. The van der Waals surface area contributed by atoms with E-state index in [0.29, 0.717) is 6.42 Å². The molecule has 1 aliphatic rings. The Hall–Kier alpha value is -1.40. The fourth-order valence-corrected chi connectivity index (χ4v) is 2.35. The zero-order valence-electron chi connectivity index (χ0n) is 9.88. The molecular formula is C12H12F5NO. The molecule has 1 unspecified atom stereocenters. The van der Waals surface area contributed by atoms with Crippen molar-refractivity contribution in [2.75, 3.05) is 0 Å². The lowest BCUT2D eigenvalue weighted by atomic mass is 10.1. The number of halogens is 5. The van der Waals surface area contributed by atoms with Gasteiger partial charge in [-0.3, -0.25) is 4.79 Å². The Morgan fingerprint density at radius 1 is 1.42 bits per heavy atom. The van der Waals surface area contributed by atoms with E-state index in [2.05, 4.69) is 0 Å². The number of alkyl halides is 5. The Kier molecular flexibility index (Phi) is 3.40. The van der Waals surface area contributed by atoms with Gasteiger partial charge < -0.3 is 4.57 Å². The van der Waals surface area contributed by atoms with Crippen molar-refractivity contribution in [2.24, 2.45) is 5.92 Å². The molecule has 0 radical (unpaired) electrons. The molecule has 1 atom stereocenters. The molecule has 1 aliphatic carbocycles. The number of hydrogen-bond acceptors (Lipinski definition) is 1. The van der Waals surface area contributed by atoms with Gasteiger partial charge in [0.15, 0.2) is 0 Å². The van der Waals surface area contributed by atoms with E-state index < -0.39 is 23.4 Å². The maximum Gasteiger partial charge on any atom is 0.454 e. The number of aromatic nitrogens is 1. The summed E-state index contributed by atoms with van der Waals surface area (Å²) < 4.78 is 63.9. The highest BCUT2D eigenvalue weighted by molar-refractivity contribution is 6.00. The van der Waals surface area contributed by atoms with Gasteiger partial charge in [-0.05, 0) is 18.4 Å². The van der Waals surface area contributed by atoms with E-state index >= 15 is 0 Å². The van der Waals surface area contributed by atoms with Crippen molar-refractivity contribution in [1.29, 1.82) is 0 Å². The second-order valence-electron chi connectivity index (χ2n) is 4.89. The first kappa shape index (κ1) is 14.0. The van der Waals surface area contributed by atoms with Crippen LogP contribution in [0.3, 0.4) is 0 Å². The zero-order chi connectivity index (χ0) is 14.3. The first-order valence-corrected chi connectivity index (χ1v) is 5.82. The lowest BCUT2D eigenvalue weighted by Gasteiger charge is -2.11. The molecule has 0 amide bonds. The van der Waals surface area contributed by atoms with Crippen LogP contribution >= 0.6 is 0 Å². The van der Waals surface area contributed by atoms with Gasteiger partial charge >= 0.3 is 6.18 Å². The third-order valence-corrected chi connectivity index (χ3v) is 3.24. The van der Waals surface area contributed by atoms with Crippen molar-refractivity contribution in [3.8, 4) is 0 Å². The van der Waals surface area contributed by atoms with Crippen LogP contribution in [0.15, 0.2) is 18.5 Å². The molecule has 106 valence electrons. The number of hydrogen-bond donors (Lipinski definition) is 0. The molecule has 1 heterocycles. The van der Waals surface area contributed by atoms with E-state index in [1.165, 1.54) is 10.8 Å². The van der Waals surface area contributed by atoms with E-state index in [-0.39, 0.29) is 25.3 Å². The summed E-state index contributed by atoms with van der Waals surface area (Å²) >= 11 is 0. The molecule has 7 heteroatoms. The number of ketones is 1. The van der Waals surface area contributed by atoms with Gasteiger partial charge in [0.1, 0.15) is 0 Å². The Morgan fingerprint density at radius 2 is 2.11 bits per heavy atom. The number of rotatable bonds is 3. The summed E-state index contributed by atoms with van der Waals surface area (Å²) in [5.41, 5.74) is -0.461. The molecule has 2 nitrogen and oxygen atoms in total. The molecule has 0 N–H and O–H groups in total. The SMILES string of the molecule is O=C(c1ccn(CC2CCC(F)(F)C2)c1)C(F)(F)F. The van der Waals surface area contributed by atoms with Crippen LogP contribution in [0.2, 0.25) is 0 Å². The van der Waals surface area contributed by atoms with Gasteiger partial charge in [-0.25, -0.2) is 8.78 Å². The van der Waals surface area contributed by atoms with E-state index in [1.54, 1.807) is 0 Å². The standard InChI is InChI=1S/C12H12F5NO/c13-11(14)3-1-8(5-11)6-18-4-2-9(7-18)10(19)12(15,16)17/h2,4,7-8H,1,3,5-6H2. The Morgan fingerprint density at radius 3 is 2.63 bits per heavy atom. The number of Topliss-reactive ketones (excluding diaryl/α,β-unsaturated/α-hetero) is 1. The van der Waals surface area contributed by atoms with Crippen molar-refractivity contribution in [2.45, 2.75) is 37.9 Å². The maximum atomic E-state index is 13.0. The predicted molar refractivity (Wildman–Crippen MR) is 57.1 cm³/mol. The summed E-state index contributed by atoms with van der Waals surface area (Å²) in [6.07, 6.45) is -2.64. The van der Waals surface area contributed by atoms with Crippen molar-refractivity contribution < 1.29 is 26.7 Å². The van der Waals surface area contributed by atoms with Crippen LogP contribution in [0.5, 0.6) is 0 Å². The summed E-state index contributed by atoms with van der Waals surface area (Å²) in [5, 5.41) is 0. The second kappa shape index (κ2) is 4.61. The summed E-state index contributed by atoms with van der Waals surface area (Å²) in [4.78, 5) is 11.0. The van der Waals surface area contributed by atoms with Crippen LogP contribution in [0, 0.1) is 5.92 Å². The molecule has 1 aromatic heterocycles. The van der Waals surface area contributed by atoms with Gasteiger partial charge in [0.05, 0.1) is 0 Å². The van der Waals surface area contributed by atoms with Gasteiger partial charge in [0.25, 0.3) is 5.78 Å². The molecule has 0 saturated heterocycles. The second-order valence-corrected chi connectivity index (χ2v) is 4.89. The summed E-state index contributed by atoms with van der Waals surface area (Å²) in [6, 6.07) is 1.06. The lowest BCUT2D eigenvalue weighted by Crippen LogP contribution is -2.22. The largest absolute Gasteiger partial charge is 0.454 e. The van der Waals surface area contributed by atoms with Crippen LogP contribution in [0.4, 0.5) is 22.0 Å². The number of nitrogens with zero attached hydrogens (tertiary/aromatic N) is 1. The summed E-state index contributed by atoms with van der Waals surface area (Å²) in [6.45, 7) is 0.209. The van der Waals surface area contributed by atoms with E-state index in [1.807, 2.05) is 0 Å². The molecule has 1 fully saturated rings. The van der Waals surface area contributed by atoms with Crippen LogP contribution in [0.25, 0.3) is 0 Å². The highest BCUT2D eigenvalue weighted by atomic mass is 19.4. The Balaban J connectivity index is 2.01. The van der Waals surface area contributed by atoms with E-state index in [9.17, 15) is 26.7 Å². The smallest absolute Gasteiger partial charge is 0.353 e. The number of carbonyl (C=O) groups is 1. The monoisotopic (exact) mass is 281 g/mol. The average Bonchev–Trinajstić information content (AvgIpc) is 2.83. The molecule has 0 aliphatic heterocycles. The molecule has 1 saturated carbocycles. The molecule has 19 heavy (non-hydrogen) atoms. The van der Waals surface area contributed by atoms with Crippen molar-refractivity contribution in [3.63, 3.8) is 0 Å². The average molecular weight is 281 g/mol. The molecule has 0 spiro atoms. The van der Waals surface area contributed by atoms with Crippen molar-refractivity contribution in [1.82, 2.24) is 4.57 Å². The fraction of sp³-hybridized carbons (Fsp3) is 0.583. The van der Waals surface area contributed by atoms with Crippen LogP contribution in [-0.4, -0.2) is 22.4 Å². The molecule has 0 bridgehead atoms. The molecule has 1 aromatic rings.